The summed E-state index contributed by atoms with van der Waals surface area (Å²) in [5.41, 5.74) is 8.61. The second-order valence-electron chi connectivity index (χ2n) is 7.67. The number of carboxylic acid groups (broad SMARTS) is 1. The van der Waals surface area contributed by atoms with Gasteiger partial charge in [-0.2, -0.15) is 0 Å². The maximum Gasteiger partial charge on any atom is 0.227 e. The summed E-state index contributed by atoms with van der Waals surface area (Å²) in [6, 6.07) is 10.9. The Hall–Kier alpha value is -3.06. The maximum atomic E-state index is 12.5. The minimum Gasteiger partial charge on any atom is -0.548 e. The van der Waals surface area contributed by atoms with Gasteiger partial charge in [0.15, 0.2) is 0 Å². The van der Waals surface area contributed by atoms with Gasteiger partial charge in [0, 0.05) is 22.9 Å². The molecule has 1 atom stereocenters. The highest BCUT2D eigenvalue weighted by Crippen LogP contribution is 2.28. The van der Waals surface area contributed by atoms with Gasteiger partial charge in [0.1, 0.15) is 5.84 Å². The van der Waals surface area contributed by atoms with Crippen LogP contribution in [0, 0.1) is 11.3 Å². The second-order valence-corrected chi connectivity index (χ2v) is 7.67. The van der Waals surface area contributed by atoms with Gasteiger partial charge in [-0.15, -0.1) is 12.4 Å². The van der Waals surface area contributed by atoms with Gasteiger partial charge >= 0.3 is 0 Å². The van der Waals surface area contributed by atoms with E-state index in [0.717, 1.165) is 31.2 Å². The van der Waals surface area contributed by atoms with Crippen molar-refractivity contribution in [1.82, 2.24) is 0 Å². The van der Waals surface area contributed by atoms with Gasteiger partial charge in [-0.05, 0) is 66.8 Å². The Morgan fingerprint density at radius 2 is 1.77 bits per heavy atom. The van der Waals surface area contributed by atoms with E-state index in [4.69, 9.17) is 11.1 Å². The Labute approximate surface area is 188 Å². The van der Waals surface area contributed by atoms with Crippen LogP contribution in [0.3, 0.4) is 0 Å². The predicted molar refractivity (Wildman–Crippen MR) is 122 cm³/mol. The lowest BCUT2D eigenvalue weighted by atomic mass is 10.00. The van der Waals surface area contributed by atoms with Crippen LogP contribution < -0.4 is 21.5 Å². The molecule has 0 heterocycles. The SMILES string of the molecule is CCc1cc(NC(=O)C2CCCC2)cc(C(Nc2ccc(C(=N)N)cc2)C(=O)[O-])c1.Cl. The third-order valence-electron chi connectivity index (χ3n) is 5.49. The monoisotopic (exact) mass is 443 g/mol. The number of aliphatic carboxylic acids is 1. The molecular formula is C23H28ClN4O3-. The first kappa shape index (κ1) is 24.2. The molecule has 5 N–H and O–H groups in total. The van der Waals surface area contributed by atoms with Gasteiger partial charge in [0.25, 0.3) is 0 Å². The van der Waals surface area contributed by atoms with Crippen molar-refractivity contribution in [2.45, 2.75) is 45.1 Å². The van der Waals surface area contributed by atoms with Crippen molar-refractivity contribution in [2.75, 3.05) is 10.6 Å². The summed E-state index contributed by atoms with van der Waals surface area (Å²) in [5.74, 6) is -1.32. The lowest BCUT2D eigenvalue weighted by Crippen LogP contribution is -2.34. The highest BCUT2D eigenvalue weighted by atomic mass is 35.5. The summed E-state index contributed by atoms with van der Waals surface area (Å²) in [6.07, 6.45) is 4.62. The molecule has 2 aromatic rings. The largest absolute Gasteiger partial charge is 0.548 e. The number of nitrogens with two attached hydrogens (primary N) is 1. The van der Waals surface area contributed by atoms with E-state index in [0.29, 0.717) is 28.9 Å². The first-order valence-corrected chi connectivity index (χ1v) is 10.2. The van der Waals surface area contributed by atoms with Crippen LogP contribution in [0.25, 0.3) is 0 Å². The first-order chi connectivity index (χ1) is 14.4. The summed E-state index contributed by atoms with van der Waals surface area (Å²) >= 11 is 0. The Morgan fingerprint density at radius 3 is 2.32 bits per heavy atom. The predicted octanol–water partition coefficient (Wildman–Crippen LogP) is 2.99. The van der Waals surface area contributed by atoms with E-state index in [1.807, 2.05) is 19.1 Å². The van der Waals surface area contributed by atoms with E-state index in [2.05, 4.69) is 10.6 Å². The number of amides is 1. The van der Waals surface area contributed by atoms with Crippen molar-refractivity contribution in [3.63, 3.8) is 0 Å². The number of anilines is 2. The summed E-state index contributed by atoms with van der Waals surface area (Å²) in [7, 11) is 0. The van der Waals surface area contributed by atoms with Gasteiger partial charge in [0.05, 0.1) is 12.0 Å². The van der Waals surface area contributed by atoms with Crippen LogP contribution in [-0.2, 0) is 16.0 Å². The number of benzene rings is 2. The molecular weight excluding hydrogens is 416 g/mol. The van der Waals surface area contributed by atoms with Crippen molar-refractivity contribution < 1.29 is 14.7 Å². The summed E-state index contributed by atoms with van der Waals surface area (Å²) in [5, 5.41) is 25.3. The summed E-state index contributed by atoms with van der Waals surface area (Å²) < 4.78 is 0. The topological polar surface area (TPSA) is 131 Å². The lowest BCUT2D eigenvalue weighted by molar-refractivity contribution is -0.307. The molecule has 8 heteroatoms. The molecule has 0 spiro atoms. The van der Waals surface area contributed by atoms with Crippen molar-refractivity contribution in [3.05, 3.63) is 59.2 Å². The number of carbonyl (C=O) groups is 2. The third-order valence-corrected chi connectivity index (χ3v) is 5.49. The number of halogens is 1. The minimum absolute atomic E-state index is 0. The van der Waals surface area contributed by atoms with E-state index in [-0.39, 0.29) is 30.1 Å². The highest BCUT2D eigenvalue weighted by molar-refractivity contribution is 5.95. The van der Waals surface area contributed by atoms with E-state index >= 15 is 0 Å². The van der Waals surface area contributed by atoms with Crippen LogP contribution >= 0.6 is 12.4 Å². The molecule has 1 aliphatic carbocycles. The normalized spacial score (nSPS) is 14.4. The Balaban J connectivity index is 0.00000341. The zero-order chi connectivity index (χ0) is 21.7. The number of aryl methyl sites for hydroxylation is 1. The van der Waals surface area contributed by atoms with Crippen molar-refractivity contribution >= 4 is 41.5 Å². The molecule has 1 aliphatic rings. The highest BCUT2D eigenvalue weighted by Gasteiger charge is 2.23. The number of nitrogen functional groups attached to an aromatic ring is 1. The van der Waals surface area contributed by atoms with Crippen LogP contribution in [0.1, 0.15) is 55.3 Å². The van der Waals surface area contributed by atoms with E-state index in [1.54, 1.807) is 30.3 Å². The number of carboxylic acids is 1. The summed E-state index contributed by atoms with van der Waals surface area (Å²) in [6.45, 7) is 1.98. The lowest BCUT2D eigenvalue weighted by Gasteiger charge is -2.23. The fourth-order valence-electron chi connectivity index (χ4n) is 3.78. The first-order valence-electron chi connectivity index (χ1n) is 10.2. The van der Waals surface area contributed by atoms with Crippen LogP contribution in [-0.4, -0.2) is 17.7 Å². The van der Waals surface area contributed by atoms with Gasteiger partial charge in [-0.1, -0.05) is 25.8 Å². The molecule has 0 bridgehead atoms. The average molecular weight is 444 g/mol. The summed E-state index contributed by atoms with van der Waals surface area (Å²) in [4.78, 5) is 24.4. The number of rotatable bonds is 8. The fraction of sp³-hybridized carbons (Fsp3) is 0.348. The molecule has 1 saturated carbocycles. The van der Waals surface area contributed by atoms with E-state index in [9.17, 15) is 14.7 Å². The van der Waals surface area contributed by atoms with E-state index < -0.39 is 12.0 Å². The molecule has 7 nitrogen and oxygen atoms in total. The van der Waals surface area contributed by atoms with E-state index in [1.165, 1.54) is 0 Å². The Bertz CT molecular complexity index is 940. The maximum absolute atomic E-state index is 12.5. The van der Waals surface area contributed by atoms with Crippen LogP contribution in [0.5, 0.6) is 0 Å². The molecule has 1 fully saturated rings. The molecule has 0 aliphatic heterocycles. The van der Waals surface area contributed by atoms with Crippen LogP contribution in [0.4, 0.5) is 11.4 Å². The quantitative estimate of drug-likeness (QED) is 0.368. The molecule has 0 aromatic heterocycles. The Morgan fingerprint density at radius 1 is 1.13 bits per heavy atom. The zero-order valence-corrected chi connectivity index (χ0v) is 18.3. The van der Waals surface area contributed by atoms with Gasteiger partial charge in [0.2, 0.25) is 5.91 Å². The van der Waals surface area contributed by atoms with Crippen molar-refractivity contribution in [1.29, 1.82) is 5.41 Å². The standard InChI is InChI=1S/C23H28N4O3.ClH/c1-2-14-11-17(13-19(12-14)27-22(28)16-5-3-4-6-16)20(23(29)30)26-18-9-7-15(8-10-18)21(24)25;/h7-13,16,20,26H,2-6H2,1H3,(H3,24,25)(H,27,28)(H,29,30);1H/p-1. The third kappa shape index (κ3) is 6.21. The molecule has 1 unspecified atom stereocenters. The number of carbonyl (C=O) groups excluding carboxylic acids is 2. The van der Waals surface area contributed by atoms with Crippen molar-refractivity contribution in [3.8, 4) is 0 Å². The molecule has 3 rings (SSSR count). The average Bonchev–Trinajstić information content (AvgIpc) is 3.27. The molecule has 0 saturated heterocycles. The minimum atomic E-state index is -1.27. The zero-order valence-electron chi connectivity index (χ0n) is 17.4. The second kappa shape index (κ2) is 10.8. The number of hydrogen-bond acceptors (Lipinski definition) is 5. The number of hydrogen-bond donors (Lipinski definition) is 4. The van der Waals surface area contributed by atoms with Gasteiger partial charge < -0.3 is 26.3 Å². The van der Waals surface area contributed by atoms with Crippen molar-refractivity contribution in [2.24, 2.45) is 11.7 Å². The number of amidine groups is 1. The molecule has 166 valence electrons. The van der Waals surface area contributed by atoms with Crippen LogP contribution in [0.2, 0.25) is 0 Å². The smallest absolute Gasteiger partial charge is 0.227 e. The fourth-order valence-corrected chi connectivity index (χ4v) is 3.78. The molecule has 0 radical (unpaired) electrons. The molecule has 1 amide bonds. The Kier molecular flexibility index (Phi) is 8.45. The number of nitrogens with one attached hydrogen (secondary N) is 3. The van der Waals surface area contributed by atoms with Gasteiger partial charge in [-0.25, -0.2) is 0 Å². The molecule has 31 heavy (non-hydrogen) atoms. The van der Waals surface area contributed by atoms with Gasteiger partial charge in [-0.3, -0.25) is 10.2 Å². The van der Waals surface area contributed by atoms with Crippen LogP contribution in [0.15, 0.2) is 42.5 Å². The molecule has 2 aromatic carbocycles.